The van der Waals surface area contributed by atoms with Crippen LogP contribution in [0.1, 0.15) is 26.2 Å². The van der Waals surface area contributed by atoms with Crippen molar-refractivity contribution in [2.24, 2.45) is 5.92 Å². The second kappa shape index (κ2) is 9.79. The molecule has 152 valence electrons. The van der Waals surface area contributed by atoms with Gasteiger partial charge >= 0.3 is 0 Å². The van der Waals surface area contributed by atoms with E-state index in [1.54, 1.807) is 31.1 Å². The summed E-state index contributed by atoms with van der Waals surface area (Å²) in [5, 5.41) is 8.86. The SMILES string of the molecule is CC(=O)N[C@@H]1C[C@@H](C(=O)N(C)C)CC[C@@H]1NC(=S)C(=O)Nc1ccc(Cl)nc1. The van der Waals surface area contributed by atoms with Gasteiger partial charge in [0.1, 0.15) is 5.15 Å². The molecule has 2 rings (SSSR count). The third-order valence-corrected chi connectivity index (χ3v) is 5.06. The molecule has 1 saturated carbocycles. The minimum absolute atomic E-state index is 0.00712. The first-order chi connectivity index (χ1) is 13.2. The maximum atomic E-state index is 12.3. The number of rotatable bonds is 4. The van der Waals surface area contributed by atoms with Gasteiger partial charge in [0.2, 0.25) is 11.8 Å². The highest BCUT2D eigenvalue weighted by molar-refractivity contribution is 7.82. The van der Waals surface area contributed by atoms with E-state index in [1.165, 1.54) is 13.1 Å². The molecule has 0 saturated heterocycles. The summed E-state index contributed by atoms with van der Waals surface area (Å²) in [7, 11) is 3.43. The van der Waals surface area contributed by atoms with Crippen molar-refractivity contribution >= 4 is 52.2 Å². The summed E-state index contributed by atoms with van der Waals surface area (Å²) in [5.74, 6) is -0.818. The second-order valence-corrected chi connectivity index (χ2v) is 7.75. The first-order valence-corrected chi connectivity index (χ1v) is 9.67. The lowest BCUT2D eigenvalue weighted by molar-refractivity contribution is -0.135. The molecule has 1 aliphatic rings. The van der Waals surface area contributed by atoms with Crippen molar-refractivity contribution < 1.29 is 14.4 Å². The van der Waals surface area contributed by atoms with Gasteiger partial charge in [0, 0.05) is 39.0 Å². The quantitative estimate of drug-likeness (QED) is 0.497. The van der Waals surface area contributed by atoms with Crippen LogP contribution in [0.4, 0.5) is 5.69 Å². The number of hydrogen-bond donors (Lipinski definition) is 3. The van der Waals surface area contributed by atoms with Crippen LogP contribution >= 0.6 is 23.8 Å². The van der Waals surface area contributed by atoms with E-state index in [4.69, 9.17) is 23.8 Å². The van der Waals surface area contributed by atoms with Crippen molar-refractivity contribution in [2.45, 2.75) is 38.3 Å². The van der Waals surface area contributed by atoms with Gasteiger partial charge in [0.15, 0.2) is 4.99 Å². The molecule has 3 atom stereocenters. The number of pyridine rings is 1. The van der Waals surface area contributed by atoms with E-state index in [-0.39, 0.29) is 34.8 Å². The Kier molecular flexibility index (Phi) is 7.70. The molecule has 10 heteroatoms. The summed E-state index contributed by atoms with van der Waals surface area (Å²) in [4.78, 5) is 41.7. The largest absolute Gasteiger partial charge is 0.367 e. The van der Waals surface area contributed by atoms with E-state index in [0.717, 1.165) is 0 Å². The third kappa shape index (κ3) is 6.13. The Morgan fingerprint density at radius 1 is 1.18 bits per heavy atom. The molecule has 0 bridgehead atoms. The van der Waals surface area contributed by atoms with Crippen molar-refractivity contribution in [1.82, 2.24) is 20.5 Å². The fourth-order valence-electron chi connectivity index (χ4n) is 3.22. The lowest BCUT2D eigenvalue weighted by Gasteiger charge is -2.37. The summed E-state index contributed by atoms with van der Waals surface area (Å²) in [6, 6.07) is 2.64. The average molecular weight is 426 g/mol. The van der Waals surface area contributed by atoms with Crippen molar-refractivity contribution in [3.63, 3.8) is 0 Å². The molecule has 3 N–H and O–H groups in total. The lowest BCUT2D eigenvalue weighted by Crippen LogP contribution is -2.56. The van der Waals surface area contributed by atoms with Gasteiger partial charge in [-0.3, -0.25) is 14.4 Å². The summed E-state index contributed by atoms with van der Waals surface area (Å²) in [6.45, 7) is 1.42. The number of hydrogen-bond acceptors (Lipinski definition) is 5. The molecule has 8 nitrogen and oxygen atoms in total. The van der Waals surface area contributed by atoms with Crippen molar-refractivity contribution in [1.29, 1.82) is 0 Å². The van der Waals surface area contributed by atoms with Crippen molar-refractivity contribution in [3.8, 4) is 0 Å². The van der Waals surface area contributed by atoms with E-state index in [2.05, 4.69) is 20.9 Å². The zero-order valence-corrected chi connectivity index (χ0v) is 17.6. The number of thiocarbonyl (C=S) groups is 1. The highest BCUT2D eigenvalue weighted by atomic mass is 35.5. The van der Waals surface area contributed by atoms with E-state index in [1.807, 2.05) is 0 Å². The van der Waals surface area contributed by atoms with Gasteiger partial charge in [-0.05, 0) is 31.4 Å². The van der Waals surface area contributed by atoms with Crippen LogP contribution in [0, 0.1) is 5.92 Å². The van der Waals surface area contributed by atoms with Crippen LogP contribution in [-0.4, -0.2) is 58.8 Å². The molecule has 1 aliphatic carbocycles. The van der Waals surface area contributed by atoms with Gasteiger partial charge in [-0.2, -0.15) is 0 Å². The molecule has 1 fully saturated rings. The number of amides is 3. The molecule has 3 amide bonds. The predicted octanol–water partition coefficient (Wildman–Crippen LogP) is 1.35. The second-order valence-electron chi connectivity index (χ2n) is 6.95. The molecule has 0 aliphatic heterocycles. The molecule has 1 heterocycles. The predicted molar refractivity (Wildman–Crippen MR) is 111 cm³/mol. The van der Waals surface area contributed by atoms with Gasteiger partial charge in [-0.25, -0.2) is 4.98 Å². The zero-order valence-electron chi connectivity index (χ0n) is 16.0. The summed E-state index contributed by atoms with van der Waals surface area (Å²) in [6.07, 6.45) is 3.17. The summed E-state index contributed by atoms with van der Waals surface area (Å²) >= 11 is 10.9. The van der Waals surface area contributed by atoms with E-state index in [9.17, 15) is 14.4 Å². The molecule has 0 aromatic carbocycles. The number of aromatic nitrogens is 1. The minimum Gasteiger partial charge on any atom is -0.367 e. The highest BCUT2D eigenvalue weighted by Gasteiger charge is 2.35. The Morgan fingerprint density at radius 3 is 2.46 bits per heavy atom. The molecule has 0 radical (unpaired) electrons. The number of halogens is 1. The Labute approximate surface area is 174 Å². The first-order valence-electron chi connectivity index (χ1n) is 8.89. The zero-order chi connectivity index (χ0) is 20.8. The molecule has 0 unspecified atom stereocenters. The Balaban J connectivity index is 2.00. The standard InChI is InChI=1S/C18H24ClN5O3S/c1-10(25)21-14-8-11(18(27)24(2)3)4-6-13(14)23-17(28)16(26)22-12-5-7-15(19)20-9-12/h5,7,9,11,13-14H,4,6,8H2,1-3H3,(H,21,25)(H,22,26)(H,23,28)/t11-,13-,14+/m0/s1. The van der Waals surface area contributed by atoms with E-state index in [0.29, 0.717) is 30.1 Å². The maximum absolute atomic E-state index is 12.3. The maximum Gasteiger partial charge on any atom is 0.283 e. The fourth-order valence-corrected chi connectivity index (χ4v) is 3.54. The Hall–Kier alpha value is -2.26. The smallest absolute Gasteiger partial charge is 0.283 e. The summed E-state index contributed by atoms with van der Waals surface area (Å²) in [5.41, 5.74) is 0.470. The first kappa shape index (κ1) is 22.0. The molecule has 1 aromatic rings. The number of carbonyl (C=O) groups excluding carboxylic acids is 3. The molecule has 0 spiro atoms. The van der Waals surface area contributed by atoms with Gasteiger partial charge in [-0.1, -0.05) is 23.8 Å². The normalized spacial score (nSPS) is 21.4. The van der Waals surface area contributed by atoms with Crippen LogP contribution in [0.25, 0.3) is 0 Å². The average Bonchev–Trinajstić information content (AvgIpc) is 2.63. The number of carbonyl (C=O) groups is 3. The Morgan fingerprint density at radius 2 is 1.89 bits per heavy atom. The van der Waals surface area contributed by atoms with Crippen LogP contribution in [0.2, 0.25) is 5.15 Å². The van der Waals surface area contributed by atoms with Gasteiger partial charge < -0.3 is 20.9 Å². The van der Waals surface area contributed by atoms with Crippen LogP contribution < -0.4 is 16.0 Å². The molecular weight excluding hydrogens is 402 g/mol. The van der Waals surface area contributed by atoms with Crippen LogP contribution in [-0.2, 0) is 14.4 Å². The Bertz CT molecular complexity index is 756. The topological polar surface area (TPSA) is 103 Å². The molecular formula is C18H24ClN5O3S. The lowest BCUT2D eigenvalue weighted by atomic mass is 9.81. The van der Waals surface area contributed by atoms with Crippen molar-refractivity contribution in [2.75, 3.05) is 19.4 Å². The van der Waals surface area contributed by atoms with Crippen LogP contribution in [0.15, 0.2) is 18.3 Å². The van der Waals surface area contributed by atoms with Crippen LogP contribution in [0.5, 0.6) is 0 Å². The van der Waals surface area contributed by atoms with Gasteiger partial charge in [-0.15, -0.1) is 0 Å². The highest BCUT2D eigenvalue weighted by Crippen LogP contribution is 2.26. The van der Waals surface area contributed by atoms with Gasteiger partial charge in [0.05, 0.1) is 11.9 Å². The monoisotopic (exact) mass is 425 g/mol. The van der Waals surface area contributed by atoms with Gasteiger partial charge in [0.25, 0.3) is 5.91 Å². The number of nitrogens with zero attached hydrogens (tertiary/aromatic N) is 2. The number of nitrogens with one attached hydrogen (secondary N) is 3. The molecule has 28 heavy (non-hydrogen) atoms. The summed E-state index contributed by atoms with van der Waals surface area (Å²) < 4.78 is 0. The van der Waals surface area contributed by atoms with E-state index < -0.39 is 5.91 Å². The van der Waals surface area contributed by atoms with Crippen molar-refractivity contribution in [3.05, 3.63) is 23.5 Å². The number of anilines is 1. The fraction of sp³-hybridized carbons (Fsp3) is 0.500. The van der Waals surface area contributed by atoms with E-state index >= 15 is 0 Å². The minimum atomic E-state index is -0.479. The molecule has 1 aromatic heterocycles. The third-order valence-electron chi connectivity index (χ3n) is 4.54. The van der Waals surface area contributed by atoms with Crippen LogP contribution in [0.3, 0.4) is 0 Å².